The van der Waals surface area contributed by atoms with E-state index in [1.54, 1.807) is 18.2 Å². The molecule has 1 heterocycles. The number of carbonyl (C=O) groups is 2. The van der Waals surface area contributed by atoms with Gasteiger partial charge in [0.05, 0.1) is 11.1 Å². The Labute approximate surface area is 160 Å². The highest BCUT2D eigenvalue weighted by Gasteiger charge is 2.24. The first kappa shape index (κ1) is 18.4. The molecule has 26 heavy (non-hydrogen) atoms. The molecule has 1 aromatic heterocycles. The number of halogens is 1. The third kappa shape index (κ3) is 4.06. The Morgan fingerprint density at radius 1 is 1.46 bits per heavy atom. The number of carbonyl (C=O) groups excluding carboxylic acids is 2. The number of anilines is 1. The number of benzene rings is 1. The Hall–Kier alpha value is -2.36. The maximum atomic E-state index is 12.1. The molecule has 134 valence electrons. The van der Waals surface area contributed by atoms with Gasteiger partial charge in [-0.3, -0.25) is 4.79 Å². The van der Waals surface area contributed by atoms with Crippen molar-refractivity contribution >= 4 is 39.8 Å². The fraction of sp³-hybridized carbons (Fsp3) is 0.316. The molecule has 0 radical (unpaired) electrons. The van der Waals surface area contributed by atoms with Crippen LogP contribution in [-0.4, -0.2) is 18.5 Å². The van der Waals surface area contributed by atoms with Crippen molar-refractivity contribution in [3.63, 3.8) is 0 Å². The molecule has 3 rings (SSSR count). The van der Waals surface area contributed by atoms with E-state index >= 15 is 0 Å². The van der Waals surface area contributed by atoms with Crippen LogP contribution in [0.3, 0.4) is 0 Å². The molecule has 0 unspecified atom stereocenters. The number of nitrogens with zero attached hydrogens (tertiary/aromatic N) is 1. The van der Waals surface area contributed by atoms with Gasteiger partial charge in [0.1, 0.15) is 11.1 Å². The summed E-state index contributed by atoms with van der Waals surface area (Å²) in [7, 11) is 0. The molecular weight excluding hydrogens is 372 g/mol. The smallest absolute Gasteiger partial charge is 0.338 e. The van der Waals surface area contributed by atoms with Crippen molar-refractivity contribution in [2.24, 2.45) is 5.92 Å². The Bertz CT molecular complexity index is 901. The van der Waals surface area contributed by atoms with Crippen LogP contribution in [0.5, 0.6) is 0 Å². The fourth-order valence-electron chi connectivity index (χ4n) is 2.95. The van der Waals surface area contributed by atoms with Crippen LogP contribution in [0.4, 0.5) is 5.00 Å². The summed E-state index contributed by atoms with van der Waals surface area (Å²) in [5.41, 5.74) is 1.86. The predicted molar refractivity (Wildman–Crippen MR) is 101 cm³/mol. The molecule has 7 heteroatoms. The number of nitriles is 1. The number of rotatable bonds is 4. The molecule has 2 aromatic rings. The quantitative estimate of drug-likeness (QED) is 0.796. The first-order valence-electron chi connectivity index (χ1n) is 8.25. The van der Waals surface area contributed by atoms with E-state index in [0.717, 1.165) is 29.7 Å². The van der Waals surface area contributed by atoms with Crippen LogP contribution < -0.4 is 5.32 Å². The van der Waals surface area contributed by atoms with Gasteiger partial charge in [0.2, 0.25) is 0 Å². The van der Waals surface area contributed by atoms with Crippen LogP contribution in [0.2, 0.25) is 5.02 Å². The van der Waals surface area contributed by atoms with Crippen molar-refractivity contribution in [3.8, 4) is 6.07 Å². The van der Waals surface area contributed by atoms with E-state index < -0.39 is 18.5 Å². The molecule has 1 amide bonds. The van der Waals surface area contributed by atoms with Gasteiger partial charge in [0.25, 0.3) is 5.91 Å². The zero-order valence-electron chi connectivity index (χ0n) is 14.2. The summed E-state index contributed by atoms with van der Waals surface area (Å²) in [5, 5.41) is 13.1. The van der Waals surface area contributed by atoms with Crippen molar-refractivity contribution in [2.75, 3.05) is 11.9 Å². The summed E-state index contributed by atoms with van der Waals surface area (Å²) in [6.45, 7) is 1.76. The van der Waals surface area contributed by atoms with Gasteiger partial charge in [-0.05, 0) is 48.9 Å². The minimum Gasteiger partial charge on any atom is -0.452 e. The first-order valence-corrected chi connectivity index (χ1v) is 9.44. The minimum atomic E-state index is -0.623. The number of amides is 1. The number of ether oxygens (including phenoxy) is 1. The van der Waals surface area contributed by atoms with Gasteiger partial charge in [-0.1, -0.05) is 24.6 Å². The van der Waals surface area contributed by atoms with Gasteiger partial charge in [0, 0.05) is 9.90 Å². The van der Waals surface area contributed by atoms with Crippen molar-refractivity contribution in [1.82, 2.24) is 0 Å². The third-order valence-electron chi connectivity index (χ3n) is 4.27. The van der Waals surface area contributed by atoms with Crippen LogP contribution >= 0.6 is 22.9 Å². The van der Waals surface area contributed by atoms with Gasteiger partial charge >= 0.3 is 5.97 Å². The van der Waals surface area contributed by atoms with E-state index in [9.17, 15) is 14.9 Å². The molecular formula is C19H17ClN2O3S. The van der Waals surface area contributed by atoms with Crippen LogP contribution in [0.15, 0.2) is 24.3 Å². The molecule has 0 aliphatic heterocycles. The summed E-state index contributed by atoms with van der Waals surface area (Å²) in [5.74, 6) is -0.513. The molecule has 1 N–H and O–H groups in total. The van der Waals surface area contributed by atoms with Crippen LogP contribution in [0, 0.1) is 17.2 Å². The van der Waals surface area contributed by atoms with Gasteiger partial charge in [-0.2, -0.15) is 5.26 Å². The topological polar surface area (TPSA) is 79.2 Å². The van der Waals surface area contributed by atoms with Crippen LogP contribution in [0.25, 0.3) is 0 Å². The molecule has 0 spiro atoms. The lowest BCUT2D eigenvalue weighted by Gasteiger charge is -2.17. The second kappa shape index (κ2) is 7.90. The zero-order valence-corrected chi connectivity index (χ0v) is 15.7. The highest BCUT2D eigenvalue weighted by atomic mass is 35.5. The monoisotopic (exact) mass is 388 g/mol. The summed E-state index contributed by atoms with van der Waals surface area (Å²) >= 11 is 7.27. The number of esters is 1. The molecule has 0 fully saturated rings. The summed E-state index contributed by atoms with van der Waals surface area (Å²) in [6.07, 6.45) is 2.83. The molecule has 1 aliphatic carbocycles. The number of fused-ring (bicyclic) bond motifs is 1. The second-order valence-corrected chi connectivity index (χ2v) is 7.84. The maximum Gasteiger partial charge on any atom is 0.338 e. The molecule has 0 saturated heterocycles. The summed E-state index contributed by atoms with van der Waals surface area (Å²) < 4.78 is 5.02. The normalized spacial score (nSPS) is 15.7. The van der Waals surface area contributed by atoms with E-state index in [2.05, 4.69) is 18.3 Å². The average molecular weight is 389 g/mol. The summed E-state index contributed by atoms with van der Waals surface area (Å²) in [4.78, 5) is 25.3. The van der Waals surface area contributed by atoms with E-state index in [-0.39, 0.29) is 5.56 Å². The van der Waals surface area contributed by atoms with Crippen LogP contribution in [-0.2, 0) is 22.4 Å². The lowest BCUT2D eigenvalue weighted by molar-refractivity contribution is -0.119. The van der Waals surface area contributed by atoms with Gasteiger partial charge in [-0.25, -0.2) is 4.79 Å². The maximum absolute atomic E-state index is 12.1. The standard InChI is InChI=1S/C19H17ClN2O3S/c1-11-5-6-14-15(9-21)18(26-16(14)7-11)22-17(23)10-25-19(24)12-3-2-4-13(20)8-12/h2-4,8,11H,5-7,10H2,1H3,(H,22,23)/t11-/m1/s1. The second-order valence-electron chi connectivity index (χ2n) is 6.30. The highest BCUT2D eigenvalue weighted by molar-refractivity contribution is 7.16. The average Bonchev–Trinajstić information content (AvgIpc) is 2.95. The first-order chi connectivity index (χ1) is 12.5. The largest absolute Gasteiger partial charge is 0.452 e. The van der Waals surface area contributed by atoms with Crippen molar-refractivity contribution in [1.29, 1.82) is 5.26 Å². The SMILES string of the molecule is C[C@@H]1CCc2c(sc(NC(=O)COC(=O)c3cccc(Cl)c3)c2C#N)C1. The highest BCUT2D eigenvalue weighted by Crippen LogP contribution is 2.39. The zero-order chi connectivity index (χ0) is 18.7. The van der Waals surface area contributed by atoms with Crippen molar-refractivity contribution in [3.05, 3.63) is 50.9 Å². The molecule has 1 aromatic carbocycles. The molecule has 5 nitrogen and oxygen atoms in total. The Balaban J connectivity index is 1.64. The van der Waals surface area contributed by atoms with Gasteiger partial charge in [0.15, 0.2) is 6.61 Å². The van der Waals surface area contributed by atoms with Crippen molar-refractivity contribution < 1.29 is 14.3 Å². The van der Waals surface area contributed by atoms with Crippen LogP contribution in [0.1, 0.15) is 39.7 Å². The van der Waals surface area contributed by atoms with Gasteiger partial charge in [-0.15, -0.1) is 11.3 Å². The summed E-state index contributed by atoms with van der Waals surface area (Å²) in [6, 6.07) is 8.52. The minimum absolute atomic E-state index is 0.281. The number of thiophene rings is 1. The van der Waals surface area contributed by atoms with E-state index in [1.807, 2.05) is 0 Å². The molecule has 1 atom stereocenters. The Kier molecular flexibility index (Phi) is 5.60. The van der Waals surface area contributed by atoms with E-state index in [0.29, 0.717) is 21.5 Å². The molecule has 1 aliphatic rings. The number of nitrogens with one attached hydrogen (secondary N) is 1. The lowest BCUT2D eigenvalue weighted by Crippen LogP contribution is -2.20. The van der Waals surface area contributed by atoms with Gasteiger partial charge < -0.3 is 10.1 Å². The Morgan fingerprint density at radius 2 is 2.27 bits per heavy atom. The van der Waals surface area contributed by atoms with Crippen molar-refractivity contribution in [2.45, 2.75) is 26.2 Å². The number of hydrogen-bond donors (Lipinski definition) is 1. The van der Waals surface area contributed by atoms with E-state index in [4.69, 9.17) is 16.3 Å². The molecule has 0 bridgehead atoms. The number of hydrogen-bond acceptors (Lipinski definition) is 5. The fourth-order valence-corrected chi connectivity index (χ4v) is 4.52. The lowest BCUT2D eigenvalue weighted by atomic mass is 9.89. The van der Waals surface area contributed by atoms with E-state index in [1.165, 1.54) is 17.4 Å². The molecule has 0 saturated carbocycles. The predicted octanol–water partition coefficient (Wildman–Crippen LogP) is 4.19. The Morgan fingerprint density at radius 3 is 3.00 bits per heavy atom. The third-order valence-corrected chi connectivity index (χ3v) is 5.68.